The molecule has 0 aliphatic rings. The third-order valence-electron chi connectivity index (χ3n) is 0.744. The van der Waals surface area contributed by atoms with Crippen molar-refractivity contribution in [2.45, 2.75) is 0 Å². The lowest BCUT2D eigenvalue weighted by Crippen LogP contribution is -1.71. The smallest absolute Gasteiger partial charge is 0.0833 e. The fourth-order valence-corrected chi connectivity index (χ4v) is 1.22. The molecule has 0 unspecified atom stereocenters. The van der Waals surface area contributed by atoms with Gasteiger partial charge in [-0.3, -0.25) is 0 Å². The normalized spacial score (nSPS) is 9.12. The van der Waals surface area contributed by atoms with Gasteiger partial charge in [0.25, 0.3) is 0 Å². The molecule has 2 heteroatoms. The number of hydrogen-bond acceptors (Lipinski definition) is 1. The number of hydrogen-bond donors (Lipinski definition) is 0. The number of allylic oxidation sites excluding steroid dienone is 2. The molecule has 0 bridgehead atoms. The monoisotopic (exact) mass is 130 g/mol. The Balaban J connectivity index is 3.32. The molecule has 0 atom stereocenters. The van der Waals surface area contributed by atoms with E-state index in [0.717, 1.165) is 0 Å². The summed E-state index contributed by atoms with van der Waals surface area (Å²) in [6, 6.07) is 0. The van der Waals surface area contributed by atoms with Crippen LogP contribution in [0.2, 0.25) is 0 Å². The Morgan fingerprint density at radius 1 is 1.25 bits per heavy atom. The van der Waals surface area contributed by atoms with Crippen LogP contribution in [0.4, 0.5) is 0 Å². The summed E-state index contributed by atoms with van der Waals surface area (Å²) >= 11 is 0. The van der Waals surface area contributed by atoms with Crippen molar-refractivity contribution in [3.05, 3.63) is 25.3 Å². The summed E-state index contributed by atoms with van der Waals surface area (Å²) in [5.74, 6) is 0. The Morgan fingerprint density at radius 2 is 1.62 bits per heavy atom. The lowest BCUT2D eigenvalue weighted by molar-refractivity contribution is 0.591. The van der Waals surface area contributed by atoms with Gasteiger partial charge >= 0.3 is 0 Å². The first kappa shape index (κ1) is 7.71. The average Bonchev–Trinajstić information content (AvgIpc) is 1.68. The lowest BCUT2D eigenvalue weighted by atomic mass is 10.8. The van der Waals surface area contributed by atoms with Crippen LogP contribution in [0.1, 0.15) is 0 Å². The Bertz CT molecular complexity index is 95.1. The maximum Gasteiger partial charge on any atom is 0.0833 e. The number of rotatable bonds is 4. The van der Waals surface area contributed by atoms with Gasteiger partial charge in [-0.15, -0.1) is 13.2 Å². The Morgan fingerprint density at radius 3 is 1.88 bits per heavy atom. The van der Waals surface area contributed by atoms with Crippen LogP contribution < -0.4 is 0 Å². The molecule has 46 valence electrons. The first-order valence-electron chi connectivity index (χ1n) is 2.54. The van der Waals surface area contributed by atoms with Crippen LogP contribution in [0.3, 0.4) is 0 Å². The third-order valence-corrected chi connectivity index (χ3v) is 2.23. The highest BCUT2D eigenvalue weighted by Gasteiger charge is 1.88. The topological polar surface area (TPSA) is 17.1 Å². The molecule has 0 radical (unpaired) electrons. The van der Waals surface area contributed by atoms with E-state index in [4.69, 9.17) is 0 Å². The van der Waals surface area contributed by atoms with Crippen LogP contribution in [0.5, 0.6) is 0 Å². The van der Waals surface area contributed by atoms with Gasteiger partial charge in [-0.2, -0.15) is 0 Å². The molecule has 1 nitrogen and oxygen atoms in total. The molecule has 0 N–H and O–H groups in total. The van der Waals surface area contributed by atoms with Crippen molar-refractivity contribution in [1.29, 1.82) is 0 Å². The van der Waals surface area contributed by atoms with E-state index in [-0.39, 0.29) is 0 Å². The van der Waals surface area contributed by atoms with Crippen LogP contribution in [-0.2, 0) is 4.57 Å². The van der Waals surface area contributed by atoms with Gasteiger partial charge in [0, 0.05) is 12.3 Å². The highest BCUT2D eigenvalue weighted by molar-refractivity contribution is 7.45. The predicted octanol–water partition coefficient (Wildman–Crippen LogP) is 1.92. The third kappa shape index (κ3) is 3.89. The van der Waals surface area contributed by atoms with Crippen LogP contribution in [0, 0.1) is 0 Å². The molecule has 0 amide bonds. The van der Waals surface area contributed by atoms with E-state index in [9.17, 15) is 4.57 Å². The SMILES string of the molecule is C=CC[PH](=O)CC=C. The zero-order valence-electron chi connectivity index (χ0n) is 4.89. The summed E-state index contributed by atoms with van der Waals surface area (Å²) in [4.78, 5) is 0. The van der Waals surface area contributed by atoms with Crippen molar-refractivity contribution in [2.24, 2.45) is 0 Å². The van der Waals surface area contributed by atoms with Gasteiger partial charge in [-0.05, 0) is 0 Å². The van der Waals surface area contributed by atoms with Gasteiger partial charge < -0.3 is 4.57 Å². The molecule has 0 spiro atoms. The summed E-state index contributed by atoms with van der Waals surface area (Å²) < 4.78 is 10.7. The molecule has 0 aliphatic heterocycles. The Kier molecular flexibility index (Phi) is 4.68. The summed E-state index contributed by atoms with van der Waals surface area (Å²) in [6.45, 7) is 6.95. The zero-order chi connectivity index (χ0) is 6.41. The highest BCUT2D eigenvalue weighted by atomic mass is 31.1. The Hall–Kier alpha value is -0.290. The second kappa shape index (κ2) is 4.86. The largest absolute Gasteiger partial charge is 0.326 e. The van der Waals surface area contributed by atoms with Gasteiger partial charge in [0.15, 0.2) is 0 Å². The standard InChI is InChI=1S/C6H11OP/c1-3-5-8(7)6-4-2/h3-4,8H,1-2,5-6H2. The van der Waals surface area contributed by atoms with Crippen molar-refractivity contribution >= 4 is 7.80 Å². The second-order valence-corrected chi connectivity index (χ2v) is 3.42. The minimum absolute atomic E-state index is 0.649. The van der Waals surface area contributed by atoms with Crippen LogP contribution in [-0.4, -0.2) is 12.3 Å². The van der Waals surface area contributed by atoms with Crippen LogP contribution in [0.25, 0.3) is 0 Å². The minimum atomic E-state index is -1.38. The maximum absolute atomic E-state index is 10.7. The van der Waals surface area contributed by atoms with E-state index in [1.54, 1.807) is 12.2 Å². The van der Waals surface area contributed by atoms with Crippen LogP contribution in [0.15, 0.2) is 25.3 Å². The summed E-state index contributed by atoms with van der Waals surface area (Å²) in [5, 5.41) is 0. The first-order valence-corrected chi connectivity index (χ1v) is 4.37. The van der Waals surface area contributed by atoms with Crippen molar-refractivity contribution in [1.82, 2.24) is 0 Å². The van der Waals surface area contributed by atoms with Crippen molar-refractivity contribution in [3.8, 4) is 0 Å². The first-order chi connectivity index (χ1) is 3.81. The van der Waals surface area contributed by atoms with Crippen molar-refractivity contribution in [2.75, 3.05) is 12.3 Å². The second-order valence-electron chi connectivity index (χ2n) is 1.52. The molecule has 0 saturated heterocycles. The van der Waals surface area contributed by atoms with Gasteiger partial charge in [0.05, 0.1) is 7.80 Å². The fraction of sp³-hybridized carbons (Fsp3) is 0.333. The molecule has 0 aliphatic carbocycles. The van der Waals surface area contributed by atoms with E-state index < -0.39 is 7.80 Å². The molecule has 8 heavy (non-hydrogen) atoms. The van der Waals surface area contributed by atoms with Crippen molar-refractivity contribution < 1.29 is 4.57 Å². The van der Waals surface area contributed by atoms with Gasteiger partial charge in [-0.25, -0.2) is 0 Å². The zero-order valence-corrected chi connectivity index (χ0v) is 5.89. The molecule has 0 saturated carbocycles. The minimum Gasteiger partial charge on any atom is -0.326 e. The quantitative estimate of drug-likeness (QED) is 0.419. The summed E-state index contributed by atoms with van der Waals surface area (Å²) in [7, 11) is -1.38. The van der Waals surface area contributed by atoms with Crippen molar-refractivity contribution in [3.63, 3.8) is 0 Å². The van der Waals surface area contributed by atoms with Gasteiger partial charge in [0.1, 0.15) is 0 Å². The average molecular weight is 130 g/mol. The molecule has 0 rings (SSSR count). The van der Waals surface area contributed by atoms with E-state index in [1.807, 2.05) is 0 Å². The summed E-state index contributed by atoms with van der Waals surface area (Å²) in [6.07, 6.45) is 4.67. The van der Waals surface area contributed by atoms with Gasteiger partial charge in [0.2, 0.25) is 0 Å². The van der Waals surface area contributed by atoms with E-state index in [2.05, 4.69) is 13.2 Å². The van der Waals surface area contributed by atoms with E-state index in [1.165, 1.54) is 0 Å². The fourth-order valence-electron chi connectivity index (χ4n) is 0.405. The molecule has 0 heterocycles. The lowest BCUT2D eigenvalue weighted by Gasteiger charge is -1.87. The van der Waals surface area contributed by atoms with Gasteiger partial charge in [-0.1, -0.05) is 12.2 Å². The van der Waals surface area contributed by atoms with E-state index in [0.29, 0.717) is 12.3 Å². The van der Waals surface area contributed by atoms with Crippen LogP contribution >= 0.6 is 7.80 Å². The predicted molar refractivity (Wildman–Crippen MR) is 39.1 cm³/mol. The summed E-state index contributed by atoms with van der Waals surface area (Å²) in [5.41, 5.74) is 0. The molecule has 0 aromatic rings. The molecular weight excluding hydrogens is 119 g/mol. The maximum atomic E-state index is 10.7. The molecule has 0 aromatic heterocycles. The molecular formula is C6H11OP. The Labute approximate surface area is 50.9 Å². The highest BCUT2D eigenvalue weighted by Crippen LogP contribution is 2.18. The molecule has 0 fully saturated rings. The van der Waals surface area contributed by atoms with E-state index >= 15 is 0 Å². The molecule has 0 aromatic carbocycles.